The van der Waals surface area contributed by atoms with Crippen molar-refractivity contribution in [1.82, 2.24) is 9.55 Å². The van der Waals surface area contributed by atoms with Crippen LogP contribution < -0.4 is 4.74 Å². The molecule has 0 radical (unpaired) electrons. The van der Waals surface area contributed by atoms with E-state index in [9.17, 15) is 5.11 Å². The lowest BCUT2D eigenvalue weighted by Gasteiger charge is -2.07. The summed E-state index contributed by atoms with van der Waals surface area (Å²) in [5.74, 6) is 0.778. The average Bonchev–Trinajstić information content (AvgIpc) is 2.70. The van der Waals surface area contributed by atoms with Gasteiger partial charge in [0.05, 0.1) is 19.4 Å². The minimum atomic E-state index is -0.148. The number of nitrogens with zero attached hydrogens (tertiary/aromatic N) is 2. The molecule has 0 fully saturated rings. The molecule has 16 heavy (non-hydrogen) atoms. The highest BCUT2D eigenvalue weighted by molar-refractivity contribution is 6.30. The fraction of sp³-hybridized carbons (Fsp3) is 0.182. The van der Waals surface area contributed by atoms with Crippen LogP contribution in [-0.2, 0) is 6.61 Å². The van der Waals surface area contributed by atoms with Crippen molar-refractivity contribution in [3.63, 3.8) is 0 Å². The first kappa shape index (κ1) is 11.0. The number of benzene rings is 1. The third kappa shape index (κ3) is 1.89. The summed E-state index contributed by atoms with van der Waals surface area (Å²) in [5.41, 5.74) is 1.45. The monoisotopic (exact) mass is 238 g/mol. The zero-order valence-corrected chi connectivity index (χ0v) is 9.48. The second kappa shape index (κ2) is 4.55. The predicted molar refractivity (Wildman–Crippen MR) is 61.0 cm³/mol. The van der Waals surface area contributed by atoms with E-state index >= 15 is 0 Å². The largest absolute Gasteiger partial charge is 0.497 e. The van der Waals surface area contributed by atoms with Crippen LogP contribution in [0.3, 0.4) is 0 Å². The molecule has 5 heteroatoms. The molecule has 0 aliphatic carbocycles. The molecule has 0 aliphatic rings. The number of halogens is 1. The molecule has 1 aromatic heterocycles. The summed E-state index contributed by atoms with van der Waals surface area (Å²) in [5, 5.41) is 9.50. The number of hydrogen-bond donors (Lipinski definition) is 1. The first-order valence-corrected chi connectivity index (χ1v) is 5.11. The average molecular weight is 239 g/mol. The summed E-state index contributed by atoms with van der Waals surface area (Å²) in [4.78, 5) is 3.94. The van der Waals surface area contributed by atoms with E-state index < -0.39 is 0 Å². The Hall–Kier alpha value is -1.52. The summed E-state index contributed by atoms with van der Waals surface area (Å²) < 4.78 is 6.80. The smallest absolute Gasteiger partial charge is 0.153 e. The second-order valence-corrected chi connectivity index (χ2v) is 3.57. The van der Waals surface area contributed by atoms with Gasteiger partial charge in [0.1, 0.15) is 12.1 Å². The SMILES string of the molecule is COc1ccc(-n2cnc(Cl)c2CO)cc1. The number of hydrogen-bond acceptors (Lipinski definition) is 3. The van der Waals surface area contributed by atoms with Crippen molar-refractivity contribution in [3.8, 4) is 11.4 Å². The molecule has 2 aromatic rings. The second-order valence-electron chi connectivity index (χ2n) is 3.21. The van der Waals surface area contributed by atoms with E-state index in [4.69, 9.17) is 16.3 Å². The van der Waals surface area contributed by atoms with Crippen LogP contribution in [0, 0.1) is 0 Å². The van der Waals surface area contributed by atoms with Gasteiger partial charge in [0.15, 0.2) is 5.15 Å². The van der Waals surface area contributed by atoms with Crippen LogP contribution in [0.15, 0.2) is 30.6 Å². The lowest BCUT2D eigenvalue weighted by atomic mass is 10.3. The zero-order valence-electron chi connectivity index (χ0n) is 8.72. The summed E-state index contributed by atoms with van der Waals surface area (Å²) in [6.07, 6.45) is 1.58. The van der Waals surface area contributed by atoms with Gasteiger partial charge in [0.25, 0.3) is 0 Å². The van der Waals surface area contributed by atoms with Crippen molar-refractivity contribution in [2.24, 2.45) is 0 Å². The molecule has 0 atom stereocenters. The van der Waals surface area contributed by atoms with Gasteiger partial charge < -0.3 is 9.84 Å². The molecular weight excluding hydrogens is 228 g/mol. The topological polar surface area (TPSA) is 47.3 Å². The van der Waals surface area contributed by atoms with Gasteiger partial charge in [0.2, 0.25) is 0 Å². The van der Waals surface area contributed by atoms with Crippen molar-refractivity contribution in [2.45, 2.75) is 6.61 Å². The van der Waals surface area contributed by atoms with E-state index in [1.54, 1.807) is 18.0 Å². The highest BCUT2D eigenvalue weighted by Gasteiger charge is 2.09. The number of ether oxygens (including phenoxy) is 1. The molecule has 4 nitrogen and oxygen atoms in total. The third-order valence-corrected chi connectivity index (χ3v) is 2.63. The van der Waals surface area contributed by atoms with Crippen LogP contribution in [0.1, 0.15) is 5.69 Å². The van der Waals surface area contributed by atoms with Crippen molar-refractivity contribution >= 4 is 11.6 Å². The number of imidazole rings is 1. The van der Waals surface area contributed by atoms with E-state index in [0.717, 1.165) is 11.4 Å². The number of aromatic nitrogens is 2. The Labute approximate surface area is 98.1 Å². The molecule has 1 heterocycles. The molecule has 1 aromatic carbocycles. The molecular formula is C11H11ClN2O2. The number of methoxy groups -OCH3 is 1. The minimum absolute atomic E-state index is 0.148. The molecule has 0 aliphatic heterocycles. The Morgan fingerprint density at radius 1 is 1.38 bits per heavy atom. The van der Waals surface area contributed by atoms with Crippen LogP contribution in [0.2, 0.25) is 5.15 Å². The van der Waals surface area contributed by atoms with Gasteiger partial charge in [-0.1, -0.05) is 11.6 Å². The zero-order chi connectivity index (χ0) is 11.5. The van der Waals surface area contributed by atoms with E-state index in [2.05, 4.69) is 4.98 Å². The maximum Gasteiger partial charge on any atom is 0.153 e. The van der Waals surface area contributed by atoms with E-state index in [1.807, 2.05) is 24.3 Å². The Bertz CT molecular complexity index is 479. The maximum atomic E-state index is 9.18. The Morgan fingerprint density at radius 2 is 2.06 bits per heavy atom. The van der Waals surface area contributed by atoms with Gasteiger partial charge in [-0.3, -0.25) is 4.57 Å². The van der Waals surface area contributed by atoms with Crippen LogP contribution in [0.25, 0.3) is 5.69 Å². The van der Waals surface area contributed by atoms with Crippen LogP contribution >= 0.6 is 11.6 Å². The van der Waals surface area contributed by atoms with Gasteiger partial charge >= 0.3 is 0 Å². The van der Waals surface area contributed by atoms with Crippen LogP contribution in [0.4, 0.5) is 0 Å². The Balaban J connectivity index is 2.42. The summed E-state index contributed by atoms with van der Waals surface area (Å²) >= 11 is 5.84. The Kier molecular flexibility index (Phi) is 3.12. The molecule has 2 rings (SSSR count). The van der Waals surface area contributed by atoms with Gasteiger partial charge in [-0.25, -0.2) is 4.98 Å². The number of aliphatic hydroxyl groups excluding tert-OH is 1. The highest BCUT2D eigenvalue weighted by Crippen LogP contribution is 2.20. The summed E-state index contributed by atoms with van der Waals surface area (Å²) in [7, 11) is 1.61. The fourth-order valence-electron chi connectivity index (χ4n) is 1.46. The van der Waals surface area contributed by atoms with Crippen LogP contribution in [0.5, 0.6) is 5.75 Å². The van der Waals surface area contributed by atoms with Crippen molar-refractivity contribution in [2.75, 3.05) is 7.11 Å². The standard InChI is InChI=1S/C11H11ClN2O2/c1-16-9-4-2-8(3-5-9)14-7-13-11(12)10(14)6-15/h2-5,7,15H,6H2,1H3. The molecule has 84 valence electrons. The molecule has 0 unspecified atom stereocenters. The van der Waals surface area contributed by atoms with E-state index in [-0.39, 0.29) is 6.61 Å². The van der Waals surface area contributed by atoms with Crippen LogP contribution in [-0.4, -0.2) is 21.8 Å². The molecule has 0 saturated heterocycles. The van der Waals surface area contributed by atoms with Crippen molar-refractivity contribution < 1.29 is 9.84 Å². The van der Waals surface area contributed by atoms with E-state index in [1.165, 1.54) is 0 Å². The predicted octanol–water partition coefficient (Wildman–Crippen LogP) is 2.03. The first-order chi connectivity index (χ1) is 7.76. The third-order valence-electron chi connectivity index (χ3n) is 2.32. The van der Waals surface area contributed by atoms with Gasteiger partial charge in [-0.15, -0.1) is 0 Å². The minimum Gasteiger partial charge on any atom is -0.497 e. The molecule has 0 spiro atoms. The molecule has 0 amide bonds. The number of rotatable bonds is 3. The molecule has 0 saturated carbocycles. The normalized spacial score (nSPS) is 10.4. The first-order valence-electron chi connectivity index (χ1n) is 4.73. The number of aliphatic hydroxyl groups is 1. The van der Waals surface area contributed by atoms with E-state index in [0.29, 0.717) is 10.8 Å². The molecule has 0 bridgehead atoms. The summed E-state index contributed by atoms with van der Waals surface area (Å²) in [6.45, 7) is -0.148. The lowest BCUT2D eigenvalue weighted by Crippen LogP contribution is -1.98. The van der Waals surface area contributed by atoms with Gasteiger partial charge in [-0.05, 0) is 24.3 Å². The van der Waals surface area contributed by atoms with Crippen molar-refractivity contribution in [3.05, 3.63) is 41.4 Å². The Morgan fingerprint density at radius 3 is 2.62 bits per heavy atom. The lowest BCUT2D eigenvalue weighted by molar-refractivity contribution is 0.275. The van der Waals surface area contributed by atoms with Crippen molar-refractivity contribution in [1.29, 1.82) is 0 Å². The highest BCUT2D eigenvalue weighted by atomic mass is 35.5. The van der Waals surface area contributed by atoms with Gasteiger partial charge in [0, 0.05) is 5.69 Å². The summed E-state index contributed by atoms with van der Waals surface area (Å²) in [6, 6.07) is 7.42. The fourth-order valence-corrected chi connectivity index (χ4v) is 1.65. The maximum absolute atomic E-state index is 9.18. The quantitative estimate of drug-likeness (QED) is 0.890. The molecule has 1 N–H and O–H groups in total. The van der Waals surface area contributed by atoms with Gasteiger partial charge in [-0.2, -0.15) is 0 Å².